The summed E-state index contributed by atoms with van der Waals surface area (Å²) < 4.78 is 13.3. The number of rotatable bonds is 4. The third-order valence-electron chi connectivity index (χ3n) is 5.36. The molecule has 0 amide bonds. The molecule has 0 spiro atoms. The molecule has 0 atom stereocenters. The zero-order chi connectivity index (χ0) is 20.5. The Hall–Kier alpha value is -3.31. The lowest BCUT2D eigenvalue weighted by Crippen LogP contribution is -2.16. The summed E-state index contributed by atoms with van der Waals surface area (Å²) in [6.07, 6.45) is 0. The van der Waals surface area contributed by atoms with Crippen molar-refractivity contribution >= 4 is 17.0 Å². The average Bonchev–Trinajstić information content (AvgIpc) is 3.38. The van der Waals surface area contributed by atoms with Gasteiger partial charge in [-0.1, -0.05) is 36.4 Å². The minimum atomic E-state index is 0.285. The summed E-state index contributed by atoms with van der Waals surface area (Å²) in [5.41, 5.74) is 7.04. The van der Waals surface area contributed by atoms with Crippen LogP contribution in [0.3, 0.4) is 0 Å². The number of ether oxygens (including phenoxy) is 2. The molecule has 1 aromatic heterocycles. The molecule has 1 aliphatic heterocycles. The van der Waals surface area contributed by atoms with Gasteiger partial charge in [-0.15, -0.1) is 11.3 Å². The van der Waals surface area contributed by atoms with E-state index in [1.165, 1.54) is 16.7 Å². The molecular formula is C25H22N2O2S. The average molecular weight is 415 g/mol. The number of thiazole rings is 1. The Morgan fingerprint density at radius 1 is 0.900 bits per heavy atom. The van der Waals surface area contributed by atoms with E-state index in [1.54, 1.807) is 11.3 Å². The van der Waals surface area contributed by atoms with Crippen LogP contribution in [0.5, 0.6) is 11.5 Å². The van der Waals surface area contributed by atoms with Gasteiger partial charge in [-0.2, -0.15) is 0 Å². The number of aromatic nitrogens is 1. The van der Waals surface area contributed by atoms with E-state index in [1.807, 2.05) is 36.4 Å². The summed E-state index contributed by atoms with van der Waals surface area (Å²) in [5, 5.41) is 2.19. The molecule has 0 radical (unpaired) electrons. The summed E-state index contributed by atoms with van der Waals surface area (Å²) >= 11 is 1.66. The smallest absolute Gasteiger partial charge is 0.231 e. The second kappa shape index (κ2) is 7.84. The van der Waals surface area contributed by atoms with Crippen LogP contribution in [-0.4, -0.2) is 11.4 Å². The van der Waals surface area contributed by atoms with Gasteiger partial charge in [-0.3, -0.25) is 0 Å². The first-order valence-corrected chi connectivity index (χ1v) is 10.8. The van der Waals surface area contributed by atoms with E-state index in [9.17, 15) is 0 Å². The van der Waals surface area contributed by atoms with Gasteiger partial charge in [0.15, 0.2) is 16.3 Å². The number of hydrogen-bond acceptors (Lipinski definition) is 4. The van der Waals surface area contributed by atoms with Crippen LogP contribution in [-0.2, 0) is 6.54 Å². The Kier molecular flexibility index (Phi) is 4.89. The van der Waals surface area contributed by atoms with Gasteiger partial charge in [0, 0.05) is 5.38 Å². The molecular weight excluding hydrogens is 392 g/mol. The van der Waals surface area contributed by atoms with Crippen molar-refractivity contribution in [2.45, 2.75) is 20.4 Å². The van der Waals surface area contributed by atoms with Crippen molar-refractivity contribution in [3.05, 3.63) is 93.6 Å². The number of aryl methyl sites for hydroxylation is 2. The van der Waals surface area contributed by atoms with E-state index in [-0.39, 0.29) is 6.79 Å². The van der Waals surface area contributed by atoms with E-state index < -0.39 is 0 Å². The minimum Gasteiger partial charge on any atom is -0.454 e. The molecule has 0 saturated carbocycles. The molecule has 150 valence electrons. The van der Waals surface area contributed by atoms with E-state index in [4.69, 9.17) is 14.5 Å². The normalized spacial score (nSPS) is 13.1. The van der Waals surface area contributed by atoms with Crippen LogP contribution in [0.1, 0.15) is 16.7 Å². The monoisotopic (exact) mass is 414 g/mol. The molecule has 4 nitrogen and oxygen atoms in total. The Balaban J connectivity index is 1.63. The highest BCUT2D eigenvalue weighted by Gasteiger charge is 2.15. The summed E-state index contributed by atoms with van der Waals surface area (Å²) in [7, 11) is 0. The molecule has 5 rings (SSSR count). The third kappa shape index (κ3) is 3.64. The van der Waals surface area contributed by atoms with E-state index in [0.717, 1.165) is 33.2 Å². The zero-order valence-corrected chi connectivity index (χ0v) is 17.8. The molecule has 0 N–H and O–H groups in total. The van der Waals surface area contributed by atoms with Gasteiger partial charge in [-0.05, 0) is 66.4 Å². The maximum atomic E-state index is 5.58. The molecule has 0 unspecified atom stereocenters. The van der Waals surface area contributed by atoms with Gasteiger partial charge in [0.05, 0.1) is 17.9 Å². The zero-order valence-electron chi connectivity index (χ0n) is 17.0. The SMILES string of the molecule is Cc1ccc(-c2csc(=Nc3ccccc3)n2Cc2ccc3c(c2)OCO3)cc1C. The Morgan fingerprint density at radius 2 is 1.73 bits per heavy atom. The molecule has 0 aliphatic carbocycles. The molecule has 0 fully saturated rings. The van der Waals surface area contributed by atoms with Gasteiger partial charge in [0.2, 0.25) is 6.79 Å². The fourth-order valence-corrected chi connectivity index (χ4v) is 4.47. The standard InChI is InChI=1S/C25H22N2O2S/c1-17-8-10-20(12-18(17)2)22-15-30-25(26-21-6-4-3-5-7-21)27(22)14-19-9-11-23-24(13-19)29-16-28-23/h3-13,15H,14,16H2,1-2H3. The van der Waals surface area contributed by atoms with Crippen LogP contribution >= 0.6 is 11.3 Å². The van der Waals surface area contributed by atoms with Gasteiger partial charge >= 0.3 is 0 Å². The fraction of sp³-hybridized carbons (Fsp3) is 0.160. The largest absolute Gasteiger partial charge is 0.454 e. The van der Waals surface area contributed by atoms with Gasteiger partial charge in [0.1, 0.15) is 0 Å². The molecule has 0 saturated heterocycles. The number of nitrogens with zero attached hydrogens (tertiary/aromatic N) is 2. The lowest BCUT2D eigenvalue weighted by atomic mass is 10.0. The molecule has 4 aromatic rings. The third-order valence-corrected chi connectivity index (χ3v) is 6.22. The van der Waals surface area contributed by atoms with Gasteiger partial charge in [0.25, 0.3) is 0 Å². The summed E-state index contributed by atoms with van der Waals surface area (Å²) in [6, 6.07) is 22.8. The summed E-state index contributed by atoms with van der Waals surface area (Å²) in [4.78, 5) is 5.89. The Bertz CT molecular complexity index is 1270. The first kappa shape index (κ1) is 18.7. The van der Waals surface area contributed by atoms with Crippen LogP contribution < -0.4 is 14.3 Å². The quantitative estimate of drug-likeness (QED) is 0.420. The first-order chi connectivity index (χ1) is 14.7. The molecule has 0 bridgehead atoms. The predicted molar refractivity (Wildman–Crippen MR) is 121 cm³/mol. The maximum Gasteiger partial charge on any atom is 0.231 e. The summed E-state index contributed by atoms with van der Waals surface area (Å²) in [5.74, 6) is 1.61. The van der Waals surface area contributed by atoms with Gasteiger partial charge < -0.3 is 14.0 Å². The lowest BCUT2D eigenvalue weighted by molar-refractivity contribution is 0.174. The predicted octanol–water partition coefficient (Wildman–Crippen LogP) is 5.84. The van der Waals surface area contributed by atoms with Crippen molar-refractivity contribution in [3.8, 4) is 22.8 Å². The minimum absolute atomic E-state index is 0.285. The number of fused-ring (bicyclic) bond motifs is 1. The van der Waals surface area contributed by atoms with E-state index in [2.05, 4.69) is 54.1 Å². The van der Waals surface area contributed by atoms with Crippen LogP contribution in [0.4, 0.5) is 5.69 Å². The number of hydrogen-bond donors (Lipinski definition) is 0. The van der Waals surface area contributed by atoms with Crippen molar-refractivity contribution in [2.75, 3.05) is 6.79 Å². The lowest BCUT2D eigenvalue weighted by Gasteiger charge is -2.11. The van der Waals surface area contributed by atoms with Crippen molar-refractivity contribution in [3.63, 3.8) is 0 Å². The van der Waals surface area contributed by atoms with E-state index >= 15 is 0 Å². The van der Waals surface area contributed by atoms with Crippen molar-refractivity contribution < 1.29 is 9.47 Å². The van der Waals surface area contributed by atoms with Crippen molar-refractivity contribution in [1.82, 2.24) is 4.57 Å². The Labute approximate surface area is 179 Å². The Morgan fingerprint density at radius 3 is 2.57 bits per heavy atom. The number of para-hydroxylation sites is 1. The van der Waals surface area contributed by atoms with Crippen LogP contribution in [0.25, 0.3) is 11.3 Å². The summed E-state index contributed by atoms with van der Waals surface area (Å²) in [6.45, 7) is 5.28. The number of benzene rings is 3. The maximum absolute atomic E-state index is 5.58. The van der Waals surface area contributed by atoms with Crippen LogP contribution in [0.2, 0.25) is 0 Å². The van der Waals surface area contributed by atoms with Crippen molar-refractivity contribution in [1.29, 1.82) is 0 Å². The highest BCUT2D eigenvalue weighted by Crippen LogP contribution is 2.33. The second-order valence-electron chi connectivity index (χ2n) is 7.42. The highest BCUT2D eigenvalue weighted by atomic mass is 32.1. The molecule has 30 heavy (non-hydrogen) atoms. The second-order valence-corrected chi connectivity index (χ2v) is 8.26. The molecule has 2 heterocycles. The first-order valence-electron chi connectivity index (χ1n) is 9.92. The van der Waals surface area contributed by atoms with Crippen LogP contribution in [0.15, 0.2) is 77.1 Å². The topological polar surface area (TPSA) is 35.8 Å². The molecule has 3 aromatic carbocycles. The van der Waals surface area contributed by atoms with Crippen LogP contribution in [0, 0.1) is 13.8 Å². The van der Waals surface area contributed by atoms with Gasteiger partial charge in [-0.25, -0.2) is 4.99 Å². The van der Waals surface area contributed by atoms with Crippen molar-refractivity contribution in [2.24, 2.45) is 4.99 Å². The van der Waals surface area contributed by atoms with E-state index in [0.29, 0.717) is 6.54 Å². The fourth-order valence-electron chi connectivity index (χ4n) is 3.54. The molecule has 5 heteroatoms. The molecule has 1 aliphatic rings. The highest BCUT2D eigenvalue weighted by molar-refractivity contribution is 7.07.